The van der Waals surface area contributed by atoms with Gasteiger partial charge in [0.1, 0.15) is 0 Å². The summed E-state index contributed by atoms with van der Waals surface area (Å²) in [5.41, 5.74) is 7.99. The first-order chi connectivity index (χ1) is 10.2. The van der Waals surface area contributed by atoms with Crippen LogP contribution >= 0.6 is 0 Å². The molecule has 21 heavy (non-hydrogen) atoms. The zero-order chi connectivity index (χ0) is 14.4. The Morgan fingerprint density at radius 1 is 1.19 bits per heavy atom. The summed E-state index contributed by atoms with van der Waals surface area (Å²) in [5.74, 6) is 0.609. The van der Waals surface area contributed by atoms with E-state index in [-0.39, 0.29) is 6.04 Å². The van der Waals surface area contributed by atoms with Crippen LogP contribution in [0.1, 0.15) is 37.3 Å². The van der Waals surface area contributed by atoms with Gasteiger partial charge < -0.3 is 10.6 Å². The smallest absolute Gasteiger partial charge is 0.0346 e. The van der Waals surface area contributed by atoms with Gasteiger partial charge in [-0.3, -0.25) is 4.98 Å². The van der Waals surface area contributed by atoms with Crippen molar-refractivity contribution in [3.8, 4) is 0 Å². The fraction of sp³-hybridized carbons (Fsp3) is 0.500. The van der Waals surface area contributed by atoms with Gasteiger partial charge in [-0.25, -0.2) is 0 Å². The number of hydrogen-bond donors (Lipinski definition) is 1. The molecule has 110 valence electrons. The van der Waals surface area contributed by atoms with Crippen molar-refractivity contribution in [2.45, 2.75) is 43.8 Å². The number of fused-ring (bicyclic) bond motifs is 3. The van der Waals surface area contributed by atoms with Crippen LogP contribution in [0.2, 0.25) is 0 Å². The Labute approximate surface area is 126 Å². The zero-order valence-electron chi connectivity index (χ0n) is 12.6. The topological polar surface area (TPSA) is 42.1 Å². The molecule has 3 nitrogen and oxygen atoms in total. The maximum absolute atomic E-state index is 6.69. The minimum atomic E-state index is 0.146. The molecule has 2 aliphatic heterocycles. The molecule has 0 radical (unpaired) electrons. The molecule has 3 atom stereocenters. The van der Waals surface area contributed by atoms with Gasteiger partial charge >= 0.3 is 0 Å². The van der Waals surface area contributed by atoms with Crippen LogP contribution < -0.4 is 5.73 Å². The second-order valence-electron chi connectivity index (χ2n) is 6.75. The van der Waals surface area contributed by atoms with Gasteiger partial charge in [0, 0.05) is 35.9 Å². The third-order valence-electron chi connectivity index (χ3n) is 5.72. The van der Waals surface area contributed by atoms with Gasteiger partial charge in [0.25, 0.3) is 0 Å². The van der Waals surface area contributed by atoms with Gasteiger partial charge in [0.05, 0.1) is 0 Å². The highest BCUT2D eigenvalue weighted by Gasteiger charge is 2.40. The lowest BCUT2D eigenvalue weighted by atomic mass is 9.81. The molecule has 0 spiro atoms. The number of nitrogens with zero attached hydrogens (tertiary/aromatic N) is 2. The minimum Gasteiger partial charge on any atom is -0.324 e. The first-order valence-corrected chi connectivity index (χ1v) is 8.04. The highest BCUT2D eigenvalue weighted by molar-refractivity contribution is 5.85. The third kappa shape index (κ3) is 2.16. The van der Waals surface area contributed by atoms with Crippen molar-refractivity contribution >= 4 is 10.8 Å². The molecule has 4 rings (SSSR count). The maximum atomic E-state index is 6.69. The van der Waals surface area contributed by atoms with E-state index in [1.165, 1.54) is 42.0 Å². The summed E-state index contributed by atoms with van der Waals surface area (Å²) in [4.78, 5) is 6.80. The van der Waals surface area contributed by atoms with E-state index >= 15 is 0 Å². The first-order valence-electron chi connectivity index (χ1n) is 8.04. The molecule has 2 saturated heterocycles. The van der Waals surface area contributed by atoms with Crippen LogP contribution in [0, 0.1) is 5.92 Å². The average molecular weight is 281 g/mol. The van der Waals surface area contributed by atoms with Gasteiger partial charge in [-0.05, 0) is 55.7 Å². The molecule has 3 heteroatoms. The number of aromatic nitrogens is 1. The molecule has 1 aromatic heterocycles. The van der Waals surface area contributed by atoms with Crippen molar-refractivity contribution in [1.29, 1.82) is 0 Å². The molecule has 3 unspecified atom stereocenters. The van der Waals surface area contributed by atoms with Crippen molar-refractivity contribution in [1.82, 2.24) is 9.88 Å². The lowest BCUT2D eigenvalue weighted by molar-refractivity contribution is 0.121. The molecule has 3 heterocycles. The molecule has 2 bridgehead atoms. The van der Waals surface area contributed by atoms with Crippen LogP contribution in [0.4, 0.5) is 0 Å². The molecule has 2 aromatic rings. The van der Waals surface area contributed by atoms with E-state index in [0.717, 1.165) is 12.1 Å². The Kier molecular flexibility index (Phi) is 3.20. The molecule has 0 saturated carbocycles. The summed E-state index contributed by atoms with van der Waals surface area (Å²) in [6, 6.07) is 10.2. The van der Waals surface area contributed by atoms with Gasteiger partial charge in [-0.2, -0.15) is 0 Å². The highest BCUT2D eigenvalue weighted by Crippen LogP contribution is 2.42. The molecular weight excluding hydrogens is 258 g/mol. The van der Waals surface area contributed by atoms with Crippen molar-refractivity contribution in [2.24, 2.45) is 11.7 Å². The normalized spacial score (nSPS) is 30.7. The Morgan fingerprint density at radius 3 is 2.71 bits per heavy atom. The Bertz CT molecular complexity index is 634. The highest BCUT2D eigenvalue weighted by atomic mass is 15.2. The molecular formula is C18H23N3. The van der Waals surface area contributed by atoms with E-state index in [0.29, 0.717) is 5.92 Å². The zero-order valence-corrected chi connectivity index (χ0v) is 12.6. The second-order valence-corrected chi connectivity index (χ2v) is 6.75. The first kappa shape index (κ1) is 13.2. The molecule has 0 aliphatic carbocycles. The molecule has 1 aromatic carbocycles. The number of piperidine rings is 1. The van der Waals surface area contributed by atoms with Crippen LogP contribution in [-0.4, -0.2) is 29.0 Å². The van der Waals surface area contributed by atoms with Crippen molar-refractivity contribution in [3.63, 3.8) is 0 Å². The summed E-state index contributed by atoms with van der Waals surface area (Å²) in [7, 11) is 2.29. The van der Waals surface area contributed by atoms with E-state index in [9.17, 15) is 0 Å². The average Bonchev–Trinajstić information content (AvgIpc) is 2.75. The Morgan fingerprint density at radius 2 is 1.95 bits per heavy atom. The van der Waals surface area contributed by atoms with E-state index < -0.39 is 0 Å². The summed E-state index contributed by atoms with van der Waals surface area (Å²) in [5, 5.41) is 2.47. The van der Waals surface area contributed by atoms with Gasteiger partial charge in [0.2, 0.25) is 0 Å². The number of rotatable bonds is 2. The molecule has 2 fully saturated rings. The summed E-state index contributed by atoms with van der Waals surface area (Å²) < 4.78 is 0. The Hall–Kier alpha value is -1.45. The monoisotopic (exact) mass is 281 g/mol. The van der Waals surface area contributed by atoms with Crippen LogP contribution in [0.25, 0.3) is 10.8 Å². The van der Waals surface area contributed by atoms with Crippen molar-refractivity contribution in [3.05, 3.63) is 42.2 Å². The Balaban J connectivity index is 1.66. The van der Waals surface area contributed by atoms with E-state index in [1.54, 1.807) is 0 Å². The lowest BCUT2D eigenvalue weighted by Gasteiger charge is -2.39. The standard InChI is InChI=1S/C18H23N3/c1-21-14-5-6-15(21)10-13(9-14)18(19)17-4-2-3-12-11-20-8-7-16(12)17/h2-4,7-8,11,13-15,18H,5-6,9-10,19H2,1H3. The number of benzene rings is 1. The maximum Gasteiger partial charge on any atom is 0.0346 e. The lowest BCUT2D eigenvalue weighted by Crippen LogP contribution is -2.42. The van der Waals surface area contributed by atoms with Crippen molar-refractivity contribution < 1.29 is 0 Å². The van der Waals surface area contributed by atoms with Crippen LogP contribution in [0.15, 0.2) is 36.7 Å². The van der Waals surface area contributed by atoms with Gasteiger partial charge in [0.15, 0.2) is 0 Å². The number of pyridine rings is 1. The SMILES string of the molecule is CN1C2CCC1CC(C(N)c1cccc3cnccc13)C2. The quantitative estimate of drug-likeness (QED) is 0.919. The fourth-order valence-electron chi connectivity index (χ4n) is 4.44. The largest absolute Gasteiger partial charge is 0.324 e. The van der Waals surface area contributed by atoms with Gasteiger partial charge in [-0.15, -0.1) is 0 Å². The summed E-state index contributed by atoms with van der Waals surface area (Å²) in [6.45, 7) is 0. The minimum absolute atomic E-state index is 0.146. The number of hydrogen-bond acceptors (Lipinski definition) is 3. The fourth-order valence-corrected chi connectivity index (χ4v) is 4.44. The van der Waals surface area contributed by atoms with Crippen LogP contribution in [0.3, 0.4) is 0 Å². The van der Waals surface area contributed by atoms with Gasteiger partial charge in [-0.1, -0.05) is 18.2 Å². The van der Waals surface area contributed by atoms with E-state index in [4.69, 9.17) is 5.73 Å². The van der Waals surface area contributed by atoms with E-state index in [1.807, 2.05) is 12.4 Å². The van der Waals surface area contributed by atoms with Crippen LogP contribution in [-0.2, 0) is 0 Å². The molecule has 2 aliphatic rings. The van der Waals surface area contributed by atoms with E-state index in [2.05, 4.69) is 41.2 Å². The predicted molar refractivity (Wildman–Crippen MR) is 86.0 cm³/mol. The molecule has 0 amide bonds. The summed E-state index contributed by atoms with van der Waals surface area (Å²) >= 11 is 0. The number of nitrogens with two attached hydrogens (primary N) is 1. The second kappa shape index (κ2) is 5.08. The van der Waals surface area contributed by atoms with Crippen LogP contribution in [0.5, 0.6) is 0 Å². The molecule has 2 N–H and O–H groups in total. The predicted octanol–water partition coefficient (Wildman–Crippen LogP) is 3.11. The van der Waals surface area contributed by atoms with Crippen molar-refractivity contribution in [2.75, 3.05) is 7.05 Å². The summed E-state index contributed by atoms with van der Waals surface area (Å²) in [6.07, 6.45) is 9.00. The third-order valence-corrected chi connectivity index (χ3v) is 5.72.